The Labute approximate surface area is 151 Å². The topological polar surface area (TPSA) is 82.2 Å². The van der Waals surface area contributed by atoms with Gasteiger partial charge >= 0.3 is 5.97 Å². The molecular formula is C21H20N2O3. The summed E-state index contributed by atoms with van der Waals surface area (Å²) >= 11 is 0. The number of carbonyl (C=O) groups excluding carboxylic acids is 1. The standard InChI is InChI=1S/C21H20N2O3/c24-19(25)11-21(9-14-5-1-2-6-15(14)10-21)20(26)23-13-16-12-22-18-8-4-3-7-17(16)18/h1-8,12,22H,9-11,13H2,(H,23,26)(H,24,25). The van der Waals surface area contributed by atoms with Gasteiger partial charge in [0.2, 0.25) is 5.91 Å². The maximum atomic E-state index is 13.0. The number of H-pyrrole nitrogens is 1. The zero-order valence-electron chi connectivity index (χ0n) is 14.3. The van der Waals surface area contributed by atoms with Gasteiger partial charge in [0, 0.05) is 23.6 Å². The quantitative estimate of drug-likeness (QED) is 0.663. The Hall–Kier alpha value is -3.08. The van der Waals surface area contributed by atoms with Gasteiger partial charge in [0.25, 0.3) is 0 Å². The van der Waals surface area contributed by atoms with Crippen molar-refractivity contribution in [3.05, 3.63) is 71.4 Å². The molecule has 5 nitrogen and oxygen atoms in total. The van der Waals surface area contributed by atoms with Crippen molar-refractivity contribution in [2.24, 2.45) is 5.41 Å². The van der Waals surface area contributed by atoms with Crippen LogP contribution in [0.2, 0.25) is 0 Å². The molecular weight excluding hydrogens is 328 g/mol. The number of fused-ring (bicyclic) bond motifs is 2. The van der Waals surface area contributed by atoms with E-state index in [1.165, 1.54) is 0 Å². The third-order valence-electron chi connectivity index (χ3n) is 5.26. The van der Waals surface area contributed by atoms with Crippen LogP contribution in [-0.4, -0.2) is 22.0 Å². The zero-order chi connectivity index (χ0) is 18.1. The minimum Gasteiger partial charge on any atom is -0.481 e. The number of hydrogen-bond acceptors (Lipinski definition) is 2. The van der Waals surface area contributed by atoms with E-state index in [2.05, 4.69) is 10.3 Å². The normalized spacial score (nSPS) is 14.9. The second-order valence-corrected chi connectivity index (χ2v) is 7.02. The molecule has 1 heterocycles. The van der Waals surface area contributed by atoms with E-state index >= 15 is 0 Å². The van der Waals surface area contributed by atoms with Crippen LogP contribution in [0.3, 0.4) is 0 Å². The van der Waals surface area contributed by atoms with Gasteiger partial charge in [-0.15, -0.1) is 0 Å². The molecule has 0 atom stereocenters. The summed E-state index contributed by atoms with van der Waals surface area (Å²) < 4.78 is 0. The number of para-hydroxylation sites is 1. The lowest BCUT2D eigenvalue weighted by atomic mass is 9.80. The van der Waals surface area contributed by atoms with Crippen LogP contribution in [-0.2, 0) is 29.0 Å². The number of rotatable bonds is 5. The molecule has 1 aromatic heterocycles. The minimum atomic E-state index is -0.944. The lowest BCUT2D eigenvalue weighted by Crippen LogP contribution is -2.43. The molecule has 3 aromatic rings. The van der Waals surface area contributed by atoms with Crippen LogP contribution < -0.4 is 5.32 Å². The molecule has 0 saturated carbocycles. The molecule has 26 heavy (non-hydrogen) atoms. The molecule has 0 unspecified atom stereocenters. The number of carboxylic acid groups (broad SMARTS) is 1. The Morgan fingerprint density at radius 3 is 2.38 bits per heavy atom. The fraction of sp³-hybridized carbons (Fsp3) is 0.238. The summed E-state index contributed by atoms with van der Waals surface area (Å²) in [4.78, 5) is 27.6. The molecule has 1 aliphatic carbocycles. The van der Waals surface area contributed by atoms with Gasteiger partial charge in [-0.3, -0.25) is 9.59 Å². The number of aliphatic carboxylic acids is 1. The molecule has 0 fully saturated rings. The predicted octanol–water partition coefficient (Wildman–Crippen LogP) is 3.04. The number of aromatic nitrogens is 1. The predicted molar refractivity (Wildman–Crippen MR) is 98.7 cm³/mol. The van der Waals surface area contributed by atoms with E-state index < -0.39 is 11.4 Å². The van der Waals surface area contributed by atoms with Gasteiger partial charge < -0.3 is 15.4 Å². The van der Waals surface area contributed by atoms with Crippen molar-refractivity contribution in [1.29, 1.82) is 0 Å². The molecule has 0 bridgehead atoms. The van der Waals surface area contributed by atoms with Crippen molar-refractivity contribution in [2.45, 2.75) is 25.8 Å². The summed E-state index contributed by atoms with van der Waals surface area (Å²) in [5.41, 5.74) is 3.23. The molecule has 4 rings (SSSR count). The number of carbonyl (C=O) groups is 2. The lowest BCUT2D eigenvalue weighted by Gasteiger charge is -2.26. The number of amides is 1. The molecule has 132 valence electrons. The molecule has 2 aromatic carbocycles. The van der Waals surface area contributed by atoms with E-state index in [-0.39, 0.29) is 12.3 Å². The number of carboxylic acids is 1. The van der Waals surface area contributed by atoms with Gasteiger partial charge in [-0.25, -0.2) is 0 Å². The van der Waals surface area contributed by atoms with Crippen LogP contribution in [0.1, 0.15) is 23.1 Å². The first-order chi connectivity index (χ1) is 12.6. The van der Waals surface area contributed by atoms with Crippen LogP contribution in [0.25, 0.3) is 10.9 Å². The maximum Gasteiger partial charge on any atom is 0.304 e. The van der Waals surface area contributed by atoms with Gasteiger partial charge in [-0.1, -0.05) is 42.5 Å². The smallest absolute Gasteiger partial charge is 0.304 e. The van der Waals surface area contributed by atoms with Gasteiger partial charge in [-0.05, 0) is 35.6 Å². The van der Waals surface area contributed by atoms with Crippen LogP contribution in [0, 0.1) is 5.41 Å². The summed E-state index contributed by atoms with van der Waals surface area (Å²) in [5.74, 6) is -1.14. The Kier molecular flexibility index (Phi) is 3.99. The summed E-state index contributed by atoms with van der Waals surface area (Å²) in [5, 5.41) is 13.4. The van der Waals surface area contributed by atoms with Crippen molar-refractivity contribution in [1.82, 2.24) is 10.3 Å². The van der Waals surface area contributed by atoms with Gasteiger partial charge in [0.1, 0.15) is 0 Å². The number of aromatic amines is 1. The summed E-state index contributed by atoms with van der Waals surface area (Å²) in [6, 6.07) is 15.7. The Morgan fingerprint density at radius 1 is 1.04 bits per heavy atom. The first kappa shape index (κ1) is 16.4. The second kappa shape index (κ2) is 6.33. The molecule has 1 amide bonds. The summed E-state index contributed by atoms with van der Waals surface area (Å²) in [6.07, 6.45) is 2.66. The Morgan fingerprint density at radius 2 is 1.69 bits per heavy atom. The van der Waals surface area contributed by atoms with E-state index in [9.17, 15) is 14.7 Å². The second-order valence-electron chi connectivity index (χ2n) is 7.02. The van der Waals surface area contributed by atoms with Gasteiger partial charge in [0.05, 0.1) is 11.8 Å². The molecule has 1 aliphatic rings. The highest BCUT2D eigenvalue weighted by molar-refractivity contribution is 5.89. The molecule has 5 heteroatoms. The van der Waals surface area contributed by atoms with E-state index in [4.69, 9.17) is 0 Å². The van der Waals surface area contributed by atoms with Crippen LogP contribution in [0.4, 0.5) is 0 Å². The van der Waals surface area contributed by atoms with Crippen molar-refractivity contribution in [3.8, 4) is 0 Å². The fourth-order valence-electron chi connectivity index (χ4n) is 3.99. The highest BCUT2D eigenvalue weighted by atomic mass is 16.4. The highest BCUT2D eigenvalue weighted by Crippen LogP contribution is 2.40. The molecule has 0 aliphatic heterocycles. The fourth-order valence-corrected chi connectivity index (χ4v) is 3.99. The van der Waals surface area contributed by atoms with Crippen molar-refractivity contribution >= 4 is 22.8 Å². The Bertz CT molecular complexity index is 965. The lowest BCUT2D eigenvalue weighted by molar-refractivity contribution is -0.145. The maximum absolute atomic E-state index is 13.0. The first-order valence-corrected chi connectivity index (χ1v) is 8.69. The van der Waals surface area contributed by atoms with Gasteiger partial charge in [-0.2, -0.15) is 0 Å². The average molecular weight is 348 g/mol. The molecule has 0 spiro atoms. The zero-order valence-corrected chi connectivity index (χ0v) is 14.3. The SMILES string of the molecule is O=C(O)CC1(C(=O)NCc2c[nH]c3ccccc23)Cc2ccccc2C1. The molecule has 3 N–H and O–H groups in total. The first-order valence-electron chi connectivity index (χ1n) is 8.69. The third kappa shape index (κ3) is 2.86. The van der Waals surface area contributed by atoms with Crippen LogP contribution in [0.5, 0.6) is 0 Å². The average Bonchev–Trinajstić information content (AvgIpc) is 3.20. The monoisotopic (exact) mass is 348 g/mol. The third-order valence-corrected chi connectivity index (χ3v) is 5.26. The van der Waals surface area contributed by atoms with Crippen molar-refractivity contribution in [2.75, 3.05) is 0 Å². The van der Waals surface area contributed by atoms with E-state index in [1.807, 2.05) is 54.7 Å². The summed E-state index contributed by atoms with van der Waals surface area (Å²) in [7, 11) is 0. The minimum absolute atomic E-state index is 0.165. The Balaban J connectivity index is 1.55. The van der Waals surface area contributed by atoms with Crippen LogP contribution >= 0.6 is 0 Å². The number of nitrogens with one attached hydrogen (secondary N) is 2. The van der Waals surface area contributed by atoms with Gasteiger partial charge in [0.15, 0.2) is 0 Å². The van der Waals surface area contributed by atoms with E-state index in [0.717, 1.165) is 27.6 Å². The molecule has 0 saturated heterocycles. The summed E-state index contributed by atoms with van der Waals surface area (Å²) in [6.45, 7) is 0.376. The highest BCUT2D eigenvalue weighted by Gasteiger charge is 2.45. The van der Waals surface area contributed by atoms with E-state index in [0.29, 0.717) is 19.4 Å². The number of hydrogen-bond donors (Lipinski definition) is 3. The van der Waals surface area contributed by atoms with Crippen molar-refractivity contribution < 1.29 is 14.7 Å². The van der Waals surface area contributed by atoms with Crippen LogP contribution in [0.15, 0.2) is 54.7 Å². The van der Waals surface area contributed by atoms with Crippen molar-refractivity contribution in [3.63, 3.8) is 0 Å². The molecule has 0 radical (unpaired) electrons. The van der Waals surface area contributed by atoms with E-state index in [1.54, 1.807) is 0 Å². The largest absolute Gasteiger partial charge is 0.481 e. The number of benzene rings is 2.